The highest BCUT2D eigenvalue weighted by Crippen LogP contribution is 2.38. The minimum Gasteiger partial charge on any atom is -0.491 e. The summed E-state index contributed by atoms with van der Waals surface area (Å²) in [6, 6.07) is 3.89. The van der Waals surface area contributed by atoms with E-state index in [9.17, 15) is 0 Å². The lowest BCUT2D eigenvalue weighted by Crippen LogP contribution is -2.29. The van der Waals surface area contributed by atoms with E-state index in [1.54, 1.807) is 11.3 Å². The van der Waals surface area contributed by atoms with Crippen LogP contribution >= 0.6 is 11.3 Å². The van der Waals surface area contributed by atoms with Crippen LogP contribution in [0.2, 0.25) is 0 Å². The summed E-state index contributed by atoms with van der Waals surface area (Å²) in [7, 11) is 0. The average molecular weight is 346 g/mol. The highest BCUT2D eigenvalue weighted by molar-refractivity contribution is 7.22. The number of benzene rings is 1. The van der Waals surface area contributed by atoms with Crippen LogP contribution in [0.3, 0.4) is 0 Å². The van der Waals surface area contributed by atoms with E-state index in [-0.39, 0.29) is 0 Å². The normalized spacial score (nSPS) is 15.0. The number of thiazole rings is 1. The molecule has 0 aliphatic carbocycles. The van der Waals surface area contributed by atoms with Crippen LogP contribution in [-0.2, 0) is 0 Å². The van der Waals surface area contributed by atoms with E-state index in [0.717, 1.165) is 34.9 Å². The minimum atomic E-state index is 0.604. The largest absolute Gasteiger partial charge is 0.491 e. The van der Waals surface area contributed by atoms with Gasteiger partial charge in [0.25, 0.3) is 0 Å². The lowest BCUT2D eigenvalue weighted by atomic mass is 10.1. The number of aromatic nitrogens is 1. The molecule has 0 atom stereocenters. The van der Waals surface area contributed by atoms with Gasteiger partial charge in [0.05, 0.1) is 16.8 Å². The highest BCUT2D eigenvalue weighted by Gasteiger charge is 2.16. The molecule has 0 unspecified atom stereocenters. The first kappa shape index (κ1) is 17.1. The van der Waals surface area contributed by atoms with Crippen LogP contribution in [0.5, 0.6) is 5.75 Å². The molecule has 1 aliphatic rings. The quantitative estimate of drug-likeness (QED) is 0.477. The molecule has 2 heterocycles. The molecule has 2 aromatic rings. The third-order valence-corrected chi connectivity index (χ3v) is 5.54. The Hall–Kier alpha value is -1.69. The van der Waals surface area contributed by atoms with E-state index in [0.29, 0.717) is 18.0 Å². The Kier molecular flexibility index (Phi) is 6.01. The standard InChI is InChI=1S/C18H26N4OS/c1-2-3-4-8-11-23-16-12-15-17(13-14(16)21-19)24-18(20-15)22-9-6-5-7-10-22/h12-13,19H,2-11H2,1H3. The van der Waals surface area contributed by atoms with Crippen molar-refractivity contribution in [2.45, 2.75) is 51.9 Å². The number of fused-ring (bicyclic) bond motifs is 1. The van der Waals surface area contributed by atoms with Crippen LogP contribution in [0.4, 0.5) is 10.8 Å². The second-order valence-corrected chi connectivity index (χ2v) is 7.36. The van der Waals surface area contributed by atoms with Gasteiger partial charge in [0, 0.05) is 19.2 Å². The van der Waals surface area contributed by atoms with Crippen LogP contribution in [0.15, 0.2) is 17.2 Å². The molecule has 24 heavy (non-hydrogen) atoms. The smallest absolute Gasteiger partial charge is 0.186 e. The van der Waals surface area contributed by atoms with Crippen LogP contribution < -0.4 is 9.64 Å². The predicted octanol–water partition coefficient (Wildman–Crippen LogP) is 5.91. The Morgan fingerprint density at radius 3 is 2.79 bits per heavy atom. The fourth-order valence-corrected chi connectivity index (χ4v) is 4.10. The van der Waals surface area contributed by atoms with Crippen molar-refractivity contribution in [3.05, 3.63) is 12.1 Å². The van der Waals surface area contributed by atoms with E-state index >= 15 is 0 Å². The van der Waals surface area contributed by atoms with Gasteiger partial charge in [-0.2, -0.15) is 5.11 Å². The van der Waals surface area contributed by atoms with Crippen LogP contribution in [0.1, 0.15) is 51.9 Å². The number of ether oxygens (including phenoxy) is 1. The van der Waals surface area contributed by atoms with Gasteiger partial charge < -0.3 is 9.64 Å². The first-order valence-corrected chi connectivity index (χ1v) is 9.83. The molecule has 5 nitrogen and oxygen atoms in total. The third kappa shape index (κ3) is 4.04. The molecule has 1 aromatic heterocycles. The number of rotatable bonds is 8. The predicted molar refractivity (Wildman–Crippen MR) is 100 cm³/mol. The summed E-state index contributed by atoms with van der Waals surface area (Å²) < 4.78 is 6.96. The summed E-state index contributed by atoms with van der Waals surface area (Å²) in [6.45, 7) is 5.07. The van der Waals surface area contributed by atoms with Crippen LogP contribution in [-0.4, -0.2) is 24.7 Å². The maximum absolute atomic E-state index is 7.43. The van der Waals surface area contributed by atoms with Crippen molar-refractivity contribution < 1.29 is 4.74 Å². The van der Waals surface area contributed by atoms with Crippen molar-refractivity contribution in [1.29, 1.82) is 5.53 Å². The third-order valence-electron chi connectivity index (χ3n) is 4.46. The molecule has 130 valence electrons. The van der Waals surface area contributed by atoms with Gasteiger partial charge in [-0.25, -0.2) is 10.5 Å². The van der Waals surface area contributed by atoms with E-state index < -0.39 is 0 Å². The fraction of sp³-hybridized carbons (Fsp3) is 0.611. The van der Waals surface area contributed by atoms with Crippen LogP contribution in [0.25, 0.3) is 10.2 Å². The van der Waals surface area contributed by atoms with Gasteiger partial charge >= 0.3 is 0 Å². The lowest BCUT2D eigenvalue weighted by molar-refractivity contribution is 0.306. The van der Waals surface area contributed by atoms with Crippen molar-refractivity contribution in [2.24, 2.45) is 5.11 Å². The minimum absolute atomic E-state index is 0.604. The summed E-state index contributed by atoms with van der Waals surface area (Å²) >= 11 is 1.69. The van der Waals surface area contributed by atoms with E-state index in [4.69, 9.17) is 15.3 Å². The number of hydrogen-bond donors (Lipinski definition) is 1. The number of nitrogens with zero attached hydrogens (tertiary/aromatic N) is 3. The Morgan fingerprint density at radius 2 is 2.04 bits per heavy atom. The molecule has 1 aliphatic heterocycles. The maximum Gasteiger partial charge on any atom is 0.186 e. The van der Waals surface area contributed by atoms with E-state index in [1.807, 2.05) is 12.1 Å². The monoisotopic (exact) mass is 346 g/mol. The number of hydrogen-bond acceptors (Lipinski definition) is 6. The molecule has 6 heteroatoms. The first-order chi connectivity index (χ1) is 11.8. The summed E-state index contributed by atoms with van der Waals surface area (Å²) in [5.41, 5.74) is 8.99. The number of anilines is 1. The average Bonchev–Trinajstić information content (AvgIpc) is 3.04. The molecule has 0 spiro atoms. The van der Waals surface area contributed by atoms with Crippen molar-refractivity contribution in [1.82, 2.24) is 4.98 Å². The molecular formula is C18H26N4OS. The first-order valence-electron chi connectivity index (χ1n) is 9.01. The van der Waals surface area contributed by atoms with Gasteiger partial charge in [0.1, 0.15) is 11.4 Å². The molecule has 1 N–H and O–H groups in total. The van der Waals surface area contributed by atoms with Gasteiger partial charge in [-0.15, -0.1) is 0 Å². The highest BCUT2D eigenvalue weighted by atomic mass is 32.1. The zero-order valence-corrected chi connectivity index (χ0v) is 15.2. The molecule has 0 radical (unpaired) electrons. The topological polar surface area (TPSA) is 61.6 Å². The number of piperidine rings is 1. The lowest BCUT2D eigenvalue weighted by Gasteiger charge is -2.25. The molecule has 1 fully saturated rings. The number of unbranched alkanes of at least 4 members (excludes halogenated alkanes) is 3. The Balaban J connectivity index is 1.75. The molecule has 1 aromatic carbocycles. The van der Waals surface area contributed by atoms with Gasteiger partial charge in [-0.1, -0.05) is 37.5 Å². The zero-order chi connectivity index (χ0) is 16.8. The SMILES string of the molecule is CCCCCCOc1cc2nc(N3CCCCC3)sc2cc1N=N. The van der Waals surface area contributed by atoms with E-state index in [2.05, 4.69) is 16.9 Å². The number of nitrogens with one attached hydrogen (secondary N) is 1. The van der Waals surface area contributed by atoms with Gasteiger partial charge in [-0.3, -0.25) is 0 Å². The summed E-state index contributed by atoms with van der Waals surface area (Å²) in [6.07, 6.45) is 8.49. The van der Waals surface area contributed by atoms with Gasteiger partial charge in [0.15, 0.2) is 5.13 Å². The Bertz CT molecular complexity index is 679. The molecule has 0 bridgehead atoms. The van der Waals surface area contributed by atoms with Crippen molar-refractivity contribution in [2.75, 3.05) is 24.6 Å². The van der Waals surface area contributed by atoms with Crippen molar-refractivity contribution in [3.63, 3.8) is 0 Å². The second kappa shape index (κ2) is 8.42. The molecule has 3 rings (SSSR count). The molecule has 1 saturated heterocycles. The molecule has 0 amide bonds. The van der Waals surface area contributed by atoms with E-state index in [1.165, 1.54) is 38.5 Å². The Morgan fingerprint density at radius 1 is 1.21 bits per heavy atom. The summed E-state index contributed by atoms with van der Waals surface area (Å²) in [5, 5.41) is 4.73. The summed E-state index contributed by atoms with van der Waals surface area (Å²) in [4.78, 5) is 7.16. The van der Waals surface area contributed by atoms with Crippen molar-refractivity contribution >= 4 is 32.4 Å². The maximum atomic E-state index is 7.43. The second-order valence-electron chi connectivity index (χ2n) is 6.35. The van der Waals surface area contributed by atoms with Gasteiger partial charge in [-0.05, 0) is 31.7 Å². The summed E-state index contributed by atoms with van der Waals surface area (Å²) in [5.74, 6) is 0.685. The zero-order valence-electron chi connectivity index (χ0n) is 14.4. The van der Waals surface area contributed by atoms with Crippen molar-refractivity contribution in [3.8, 4) is 5.75 Å². The van der Waals surface area contributed by atoms with Gasteiger partial charge in [0.2, 0.25) is 0 Å². The van der Waals surface area contributed by atoms with Crippen LogP contribution in [0, 0.1) is 5.53 Å². The molecular weight excluding hydrogens is 320 g/mol. The fourth-order valence-electron chi connectivity index (χ4n) is 3.07. The molecule has 0 saturated carbocycles. The Labute approximate surface area is 147 Å².